The smallest absolute Gasteiger partial charge is 0.296 e. The number of amides is 1. The maximum absolute atomic E-state index is 12.5. The number of halogens is 1. The van der Waals surface area contributed by atoms with E-state index in [-0.39, 0.29) is 5.82 Å². The van der Waals surface area contributed by atoms with Gasteiger partial charge >= 0.3 is 0 Å². The number of carbonyl (C=O) groups excluding carboxylic acids is 1. The van der Waals surface area contributed by atoms with Crippen LogP contribution in [0.15, 0.2) is 48.9 Å². The van der Waals surface area contributed by atoms with Gasteiger partial charge in [-0.2, -0.15) is 0 Å². The Hall–Kier alpha value is -3.59. The van der Waals surface area contributed by atoms with Gasteiger partial charge in [-0.05, 0) is 43.3 Å². The molecule has 0 atom stereocenters. The molecule has 9 nitrogen and oxygen atoms in total. The molecule has 0 radical (unpaired) electrons. The van der Waals surface area contributed by atoms with Gasteiger partial charge in [-0.15, -0.1) is 15.3 Å². The molecule has 28 heavy (non-hydrogen) atoms. The van der Waals surface area contributed by atoms with Crippen LogP contribution in [0.3, 0.4) is 0 Å². The highest BCUT2D eigenvalue weighted by molar-refractivity contribution is 6.30. The van der Waals surface area contributed by atoms with Crippen molar-refractivity contribution in [3.8, 4) is 17.1 Å². The number of hydrogen-bond donors (Lipinski definition) is 1. The summed E-state index contributed by atoms with van der Waals surface area (Å²) in [5, 5.41) is 15.5. The van der Waals surface area contributed by atoms with Gasteiger partial charge in [-0.3, -0.25) is 4.79 Å². The maximum Gasteiger partial charge on any atom is 0.296 e. The summed E-state index contributed by atoms with van der Waals surface area (Å²) in [6.45, 7) is 1.77. The molecule has 3 heterocycles. The van der Waals surface area contributed by atoms with Crippen molar-refractivity contribution in [1.82, 2.24) is 34.5 Å². The van der Waals surface area contributed by atoms with Gasteiger partial charge in [0.15, 0.2) is 5.82 Å². The Kier molecular flexibility index (Phi) is 4.58. The zero-order valence-corrected chi connectivity index (χ0v) is 15.8. The Labute approximate surface area is 165 Å². The number of nitrogens with one attached hydrogen (secondary N) is 1. The Morgan fingerprint density at radius 3 is 2.57 bits per heavy atom. The minimum absolute atomic E-state index is 0.0478. The van der Waals surface area contributed by atoms with E-state index in [4.69, 9.17) is 11.6 Å². The number of aromatic nitrogens is 7. The fourth-order valence-corrected chi connectivity index (χ4v) is 2.76. The average molecular weight is 395 g/mol. The van der Waals surface area contributed by atoms with Crippen LogP contribution in [0, 0.1) is 6.92 Å². The third kappa shape index (κ3) is 3.47. The quantitative estimate of drug-likeness (QED) is 0.570. The molecule has 1 amide bonds. The third-order valence-corrected chi connectivity index (χ3v) is 4.27. The Morgan fingerprint density at radius 2 is 1.93 bits per heavy atom. The number of anilines is 1. The molecule has 0 bridgehead atoms. The molecule has 1 aromatic carbocycles. The highest BCUT2D eigenvalue weighted by Crippen LogP contribution is 2.17. The van der Waals surface area contributed by atoms with Crippen LogP contribution in [-0.2, 0) is 7.05 Å². The maximum atomic E-state index is 12.5. The average Bonchev–Trinajstić information content (AvgIpc) is 3.29. The van der Waals surface area contributed by atoms with Crippen LogP contribution in [0.25, 0.3) is 17.1 Å². The summed E-state index contributed by atoms with van der Waals surface area (Å²) in [7, 11) is 1.84. The molecular weight excluding hydrogens is 380 g/mol. The zero-order chi connectivity index (χ0) is 19.7. The lowest BCUT2D eigenvalue weighted by molar-refractivity contribution is 0.101. The summed E-state index contributed by atoms with van der Waals surface area (Å²) in [6, 6.07) is 10.6. The minimum Gasteiger partial charge on any atom is -0.317 e. The summed E-state index contributed by atoms with van der Waals surface area (Å²) < 4.78 is 3.36. The van der Waals surface area contributed by atoms with Gasteiger partial charge in [0.05, 0.1) is 5.69 Å². The van der Waals surface area contributed by atoms with E-state index in [2.05, 4.69) is 30.6 Å². The fraction of sp³-hybridized carbons (Fsp3) is 0.111. The Bertz CT molecular complexity index is 1130. The monoisotopic (exact) mass is 394 g/mol. The first kappa shape index (κ1) is 17.8. The lowest BCUT2D eigenvalue weighted by Gasteiger charge is -2.04. The highest BCUT2D eigenvalue weighted by atomic mass is 35.5. The second-order valence-electron chi connectivity index (χ2n) is 6.02. The van der Waals surface area contributed by atoms with Crippen molar-refractivity contribution in [2.75, 3.05) is 5.32 Å². The number of hydrogen-bond acceptors (Lipinski definition) is 6. The van der Waals surface area contributed by atoms with Crippen LogP contribution in [0.2, 0.25) is 5.02 Å². The van der Waals surface area contributed by atoms with Gasteiger partial charge in [0, 0.05) is 23.8 Å². The summed E-state index contributed by atoms with van der Waals surface area (Å²) in [6.07, 6.45) is 3.22. The van der Waals surface area contributed by atoms with Crippen LogP contribution < -0.4 is 5.32 Å². The van der Waals surface area contributed by atoms with Crippen LogP contribution in [0.4, 0.5) is 5.82 Å². The first-order valence-electron chi connectivity index (χ1n) is 8.32. The number of pyridine rings is 1. The fourth-order valence-electron chi connectivity index (χ4n) is 2.63. The van der Waals surface area contributed by atoms with Crippen LogP contribution >= 0.6 is 11.6 Å². The molecule has 140 valence electrons. The normalized spacial score (nSPS) is 10.8. The summed E-state index contributed by atoms with van der Waals surface area (Å²) in [4.78, 5) is 21.0. The molecule has 0 fully saturated rings. The Morgan fingerprint density at radius 1 is 1.14 bits per heavy atom. The highest BCUT2D eigenvalue weighted by Gasteiger charge is 2.16. The topological polar surface area (TPSA) is 103 Å². The number of nitrogens with zero attached hydrogens (tertiary/aromatic N) is 7. The molecule has 4 rings (SSSR count). The second kappa shape index (κ2) is 7.20. The van der Waals surface area contributed by atoms with Crippen molar-refractivity contribution < 1.29 is 4.79 Å². The predicted molar refractivity (Wildman–Crippen MR) is 103 cm³/mol. The SMILES string of the molecule is Cc1nc(C(=O)Nc2ccc(-c3nncn3C)cn2)nn1-c1ccc(Cl)cc1. The first-order valence-corrected chi connectivity index (χ1v) is 8.70. The van der Waals surface area contributed by atoms with E-state index in [1.54, 1.807) is 65.1 Å². The van der Waals surface area contributed by atoms with Gasteiger partial charge < -0.3 is 9.88 Å². The van der Waals surface area contributed by atoms with E-state index in [0.29, 0.717) is 22.5 Å². The van der Waals surface area contributed by atoms with Crippen molar-refractivity contribution in [3.63, 3.8) is 0 Å². The Balaban J connectivity index is 1.52. The minimum atomic E-state index is -0.449. The molecule has 0 saturated heterocycles. The van der Waals surface area contributed by atoms with E-state index in [9.17, 15) is 4.79 Å². The lowest BCUT2D eigenvalue weighted by atomic mass is 10.2. The van der Waals surface area contributed by atoms with Crippen molar-refractivity contribution in [2.45, 2.75) is 6.92 Å². The molecule has 0 aliphatic carbocycles. The van der Waals surface area contributed by atoms with Crippen LogP contribution in [0.5, 0.6) is 0 Å². The third-order valence-electron chi connectivity index (χ3n) is 4.02. The molecule has 1 N–H and O–H groups in total. The molecular formula is C18H15ClN8O. The number of carbonyl (C=O) groups is 1. The van der Waals surface area contributed by atoms with Gasteiger partial charge in [-0.1, -0.05) is 11.6 Å². The number of aryl methyl sites for hydroxylation is 2. The van der Waals surface area contributed by atoms with E-state index >= 15 is 0 Å². The van der Waals surface area contributed by atoms with Gasteiger partial charge in [-0.25, -0.2) is 14.6 Å². The zero-order valence-electron chi connectivity index (χ0n) is 15.0. The number of benzene rings is 1. The van der Waals surface area contributed by atoms with Gasteiger partial charge in [0.1, 0.15) is 18.0 Å². The second-order valence-corrected chi connectivity index (χ2v) is 6.46. The van der Waals surface area contributed by atoms with Crippen molar-refractivity contribution in [2.24, 2.45) is 7.05 Å². The summed E-state index contributed by atoms with van der Waals surface area (Å²) in [5.74, 6) is 1.25. The van der Waals surface area contributed by atoms with E-state index in [0.717, 1.165) is 11.3 Å². The molecule has 0 saturated carbocycles. The van der Waals surface area contributed by atoms with Crippen LogP contribution in [-0.4, -0.2) is 40.4 Å². The van der Waals surface area contributed by atoms with Crippen LogP contribution in [0.1, 0.15) is 16.4 Å². The first-order chi connectivity index (χ1) is 13.5. The van der Waals surface area contributed by atoms with Crippen molar-refractivity contribution in [3.05, 3.63) is 65.6 Å². The summed E-state index contributed by atoms with van der Waals surface area (Å²) >= 11 is 5.91. The van der Waals surface area contributed by atoms with E-state index in [1.807, 2.05) is 7.05 Å². The summed E-state index contributed by atoms with van der Waals surface area (Å²) in [5.41, 5.74) is 1.55. The van der Waals surface area contributed by atoms with Crippen molar-refractivity contribution >= 4 is 23.3 Å². The molecule has 0 unspecified atom stereocenters. The van der Waals surface area contributed by atoms with E-state index < -0.39 is 5.91 Å². The predicted octanol–water partition coefficient (Wildman–Crippen LogP) is 2.67. The molecule has 0 spiro atoms. The molecule has 3 aromatic heterocycles. The standard InChI is InChI=1S/C18H15ClN8O/c1-11-22-16(25-27(11)14-6-4-13(19)5-7-14)18(28)23-15-8-3-12(9-20-15)17-24-21-10-26(17)2/h3-10H,1-2H3,(H,20,23,28). The van der Waals surface area contributed by atoms with Crippen molar-refractivity contribution in [1.29, 1.82) is 0 Å². The largest absolute Gasteiger partial charge is 0.317 e. The molecule has 4 aromatic rings. The molecule has 10 heteroatoms. The van der Waals surface area contributed by atoms with Gasteiger partial charge in [0.25, 0.3) is 5.91 Å². The van der Waals surface area contributed by atoms with Gasteiger partial charge in [0.2, 0.25) is 5.82 Å². The molecule has 0 aliphatic heterocycles. The lowest BCUT2D eigenvalue weighted by Crippen LogP contribution is -2.15. The molecule has 0 aliphatic rings. The van der Waals surface area contributed by atoms with E-state index in [1.165, 1.54) is 0 Å². The number of rotatable bonds is 4.